The van der Waals surface area contributed by atoms with Gasteiger partial charge in [0.25, 0.3) is 0 Å². The minimum atomic E-state index is -4.63. The molecule has 2 N–H and O–H groups in total. The van der Waals surface area contributed by atoms with Crippen molar-refractivity contribution in [3.63, 3.8) is 0 Å². The fourth-order valence-corrected chi connectivity index (χ4v) is 3.48. The molecular weight excluding hydrogens is 521 g/mol. The number of nitrogens with one attached hydrogen (secondary N) is 2. The van der Waals surface area contributed by atoms with Crippen molar-refractivity contribution in [3.8, 4) is 0 Å². The van der Waals surface area contributed by atoms with E-state index >= 15 is 0 Å². The second kappa shape index (κ2) is 10.0. The van der Waals surface area contributed by atoms with Crippen molar-refractivity contribution in [3.05, 3.63) is 60.2 Å². The Morgan fingerprint density at radius 3 is 1.32 bits per heavy atom. The molecule has 0 aliphatic rings. The summed E-state index contributed by atoms with van der Waals surface area (Å²) >= 11 is 0. The second-order valence-corrected chi connectivity index (χ2v) is 10.4. The third-order valence-electron chi connectivity index (χ3n) is 4.56. The van der Waals surface area contributed by atoms with Gasteiger partial charge in [-0.3, -0.25) is 0 Å². The molecule has 0 saturated heterocycles. The van der Waals surface area contributed by atoms with Crippen LogP contribution in [0.5, 0.6) is 0 Å². The molecule has 0 amide bonds. The minimum Gasteiger partial charge on any atom is -0.810 e. The number of aromatic nitrogens is 4. The maximum Gasteiger partial charge on any atom is 4.00 e. The van der Waals surface area contributed by atoms with Crippen LogP contribution in [0, 0.1) is 0 Å². The van der Waals surface area contributed by atoms with E-state index in [1.165, 1.54) is 13.8 Å². The van der Waals surface area contributed by atoms with Gasteiger partial charge in [-0.15, -0.1) is 0 Å². The quantitative estimate of drug-likeness (QED) is 0.361. The van der Waals surface area contributed by atoms with E-state index in [1.807, 2.05) is 12.1 Å². The fourth-order valence-electron chi connectivity index (χ4n) is 2.64. The Hall–Kier alpha value is -1.44. The van der Waals surface area contributed by atoms with Crippen LogP contribution in [0.3, 0.4) is 0 Å². The Balaban J connectivity index is 0.000000213. The predicted molar refractivity (Wildman–Crippen MR) is 104 cm³/mol. The van der Waals surface area contributed by atoms with E-state index in [0.717, 1.165) is 11.0 Å². The summed E-state index contributed by atoms with van der Waals surface area (Å²) in [4.78, 5) is 57.0. The van der Waals surface area contributed by atoms with Crippen LogP contribution in [0.15, 0.2) is 48.5 Å². The molecule has 0 saturated carbocycles. The first-order valence-electron chi connectivity index (χ1n) is 8.89. The number of hydrogen-bond donors (Lipinski definition) is 2. The smallest absolute Gasteiger partial charge is 0.810 e. The van der Waals surface area contributed by atoms with Gasteiger partial charge in [0, 0.05) is 11.3 Å². The Morgan fingerprint density at radius 2 is 1.03 bits per heavy atom. The normalized spacial score (nSPS) is 13.9. The van der Waals surface area contributed by atoms with E-state index in [2.05, 4.69) is 19.9 Å². The molecule has 0 radical (unpaired) electrons. The van der Waals surface area contributed by atoms with Gasteiger partial charge in [-0.05, 0) is 24.3 Å². The second-order valence-electron chi connectivity index (χ2n) is 6.71. The monoisotopic (exact) mass is 538 g/mol. The van der Waals surface area contributed by atoms with Crippen LogP contribution in [0.25, 0.3) is 22.1 Å². The molecule has 0 spiro atoms. The molecule has 2 atom stereocenters. The van der Waals surface area contributed by atoms with Crippen LogP contribution < -0.4 is 19.6 Å². The molecular formula is C18H18N4O6P2Zr. The fraction of sp³-hybridized carbons (Fsp3) is 0.222. The summed E-state index contributed by atoms with van der Waals surface area (Å²) in [7, 11) is -9.26. The van der Waals surface area contributed by atoms with E-state index in [0.29, 0.717) is 11.0 Å². The van der Waals surface area contributed by atoms with Crippen LogP contribution in [-0.2, 0) is 35.3 Å². The Kier molecular flexibility index (Phi) is 8.34. The third kappa shape index (κ3) is 6.30. The standard InChI is InChI=1S/2C9H11N2O3P.Zr/c2*1-6(15(12,13)14)9-10-7-4-2-3-5-8(7)11-9;/h2*2-6H,1H3,(H,10,11)(H2,12,13,14);/q;;+4/p-4. The zero-order valence-electron chi connectivity index (χ0n) is 16.5. The molecule has 4 aromatic rings. The Labute approximate surface area is 197 Å². The van der Waals surface area contributed by atoms with Crippen molar-refractivity contribution in [2.75, 3.05) is 0 Å². The van der Waals surface area contributed by atoms with Gasteiger partial charge < -0.3 is 38.7 Å². The summed E-state index contributed by atoms with van der Waals surface area (Å²) in [5.74, 6) is 0.397. The molecule has 2 aromatic carbocycles. The van der Waals surface area contributed by atoms with Crippen molar-refractivity contribution < 1.29 is 54.9 Å². The molecule has 10 nitrogen and oxygen atoms in total. The number of benzene rings is 2. The van der Waals surface area contributed by atoms with Crippen LogP contribution in [-0.4, -0.2) is 19.9 Å². The summed E-state index contributed by atoms with van der Waals surface area (Å²) in [6.45, 7) is 2.66. The number of nitrogens with zero attached hydrogens (tertiary/aromatic N) is 2. The number of H-pyrrole nitrogens is 2. The number of fused-ring (bicyclic) bond motifs is 2. The SMILES string of the molecule is CC(c1nc2ccccc2[nH]1)P(=O)([O-])[O-].CC(c1nc2ccccc2[nH]1)P(=O)([O-])[O-].[Zr+4]. The molecule has 0 aliphatic carbocycles. The number of aromatic amines is 2. The van der Waals surface area contributed by atoms with Gasteiger partial charge >= 0.3 is 26.2 Å². The molecule has 2 aromatic heterocycles. The maximum atomic E-state index is 10.8. The molecule has 0 bridgehead atoms. The summed E-state index contributed by atoms with van der Waals surface area (Å²) in [6, 6.07) is 14.3. The molecule has 2 heterocycles. The Morgan fingerprint density at radius 1 is 0.710 bits per heavy atom. The molecule has 31 heavy (non-hydrogen) atoms. The maximum absolute atomic E-state index is 10.8. The van der Waals surface area contributed by atoms with E-state index < -0.39 is 26.5 Å². The molecule has 160 valence electrons. The topological polar surface area (TPSA) is 184 Å². The number of rotatable bonds is 4. The van der Waals surface area contributed by atoms with E-state index in [4.69, 9.17) is 0 Å². The van der Waals surface area contributed by atoms with Crippen molar-refractivity contribution in [1.82, 2.24) is 19.9 Å². The van der Waals surface area contributed by atoms with E-state index in [1.54, 1.807) is 36.4 Å². The van der Waals surface area contributed by atoms with Crippen LogP contribution in [0.4, 0.5) is 0 Å². The summed E-state index contributed by atoms with van der Waals surface area (Å²) in [5.41, 5.74) is 0.538. The molecule has 13 heteroatoms. The molecule has 2 unspecified atom stereocenters. The zero-order valence-corrected chi connectivity index (χ0v) is 20.8. The Bertz CT molecular complexity index is 1100. The van der Waals surface area contributed by atoms with E-state index in [9.17, 15) is 28.7 Å². The molecule has 0 aliphatic heterocycles. The zero-order chi connectivity index (χ0) is 22.1. The largest absolute Gasteiger partial charge is 4.00 e. The van der Waals surface area contributed by atoms with Crippen molar-refractivity contribution in [2.24, 2.45) is 0 Å². The van der Waals surface area contributed by atoms with Gasteiger partial charge in [-0.25, -0.2) is 9.97 Å². The van der Waals surface area contributed by atoms with Gasteiger partial charge in [-0.1, -0.05) is 53.3 Å². The predicted octanol–water partition coefficient (Wildman–Crippen LogP) is 1.07. The summed E-state index contributed by atoms with van der Waals surface area (Å²) in [5, 5.41) is 0. The van der Waals surface area contributed by atoms with Crippen LogP contribution >= 0.6 is 15.2 Å². The van der Waals surface area contributed by atoms with Gasteiger partial charge in [-0.2, -0.15) is 0 Å². The van der Waals surface area contributed by atoms with Crippen LogP contribution in [0.1, 0.15) is 36.8 Å². The third-order valence-corrected chi connectivity index (χ3v) is 6.94. The average Bonchev–Trinajstić information content (AvgIpc) is 3.29. The van der Waals surface area contributed by atoms with Crippen molar-refractivity contribution >= 4 is 37.3 Å². The van der Waals surface area contributed by atoms with Gasteiger partial charge in [0.1, 0.15) is 11.6 Å². The van der Waals surface area contributed by atoms with Crippen LogP contribution in [0.2, 0.25) is 0 Å². The first-order chi connectivity index (χ1) is 14.0. The summed E-state index contributed by atoms with van der Waals surface area (Å²) < 4.78 is 21.6. The number of imidazole rings is 2. The average molecular weight is 540 g/mol. The molecule has 0 fully saturated rings. The van der Waals surface area contributed by atoms with Crippen molar-refractivity contribution in [1.29, 1.82) is 0 Å². The van der Waals surface area contributed by atoms with Crippen molar-refractivity contribution in [2.45, 2.75) is 25.2 Å². The molecule has 4 rings (SSSR count). The van der Waals surface area contributed by atoms with Gasteiger partial charge in [0.05, 0.1) is 22.1 Å². The van der Waals surface area contributed by atoms with Gasteiger partial charge in [0.15, 0.2) is 0 Å². The van der Waals surface area contributed by atoms with Gasteiger partial charge in [0.2, 0.25) is 0 Å². The first-order valence-corrected chi connectivity index (χ1v) is 12.1. The van der Waals surface area contributed by atoms with E-state index in [-0.39, 0.29) is 37.9 Å². The first kappa shape index (κ1) is 25.8. The minimum absolute atomic E-state index is 0. The summed E-state index contributed by atoms with van der Waals surface area (Å²) in [6.07, 6.45) is 0. The number of para-hydroxylation sites is 4. The number of hydrogen-bond acceptors (Lipinski definition) is 8.